The van der Waals surface area contributed by atoms with Crippen LogP contribution in [0.2, 0.25) is 16.6 Å². The van der Waals surface area contributed by atoms with Gasteiger partial charge in [0, 0.05) is 37.3 Å². The van der Waals surface area contributed by atoms with Crippen molar-refractivity contribution < 1.29 is 32.9 Å². The lowest BCUT2D eigenvalue weighted by molar-refractivity contribution is 0.0113. The third-order valence-electron chi connectivity index (χ3n) is 13.5. The zero-order valence-corrected chi connectivity index (χ0v) is 35.6. The molecule has 0 aliphatic carbocycles. The maximum atomic E-state index is 17.6. The van der Waals surface area contributed by atoms with Crippen molar-refractivity contribution in [3.05, 3.63) is 47.7 Å². The molecule has 5 saturated heterocycles. The molecule has 5 aliphatic rings. The van der Waals surface area contributed by atoms with E-state index in [2.05, 4.69) is 57.9 Å². The molecule has 2 bridgehead atoms. The molecule has 0 radical (unpaired) electrons. The number of fused-ring (bicyclic) bond motifs is 5. The second kappa shape index (κ2) is 15.5. The van der Waals surface area contributed by atoms with Gasteiger partial charge in [-0.2, -0.15) is 9.97 Å². The minimum Gasteiger partial charge on any atom is -0.468 e. The molecule has 58 heavy (non-hydrogen) atoms. The fourth-order valence-electron chi connectivity index (χ4n) is 10.8. The van der Waals surface area contributed by atoms with Gasteiger partial charge in [0.2, 0.25) is 0 Å². The van der Waals surface area contributed by atoms with E-state index in [1.165, 1.54) is 18.1 Å². The van der Waals surface area contributed by atoms with Crippen LogP contribution in [0, 0.1) is 23.1 Å². The Kier molecular flexibility index (Phi) is 10.8. The van der Waals surface area contributed by atoms with Crippen LogP contribution in [-0.2, 0) is 4.74 Å². The molecule has 1 N–H and O–H groups in total. The van der Waals surface area contributed by atoms with E-state index >= 15 is 8.78 Å². The number of pyridine rings is 1. The Morgan fingerprint density at radius 3 is 2.33 bits per heavy atom. The van der Waals surface area contributed by atoms with Gasteiger partial charge >= 0.3 is 12.1 Å². The number of carbonyl (C=O) groups is 1. The summed E-state index contributed by atoms with van der Waals surface area (Å²) in [6.07, 6.45) is 5.60. The van der Waals surface area contributed by atoms with Crippen molar-refractivity contribution in [2.45, 2.75) is 108 Å². The van der Waals surface area contributed by atoms with Gasteiger partial charge in [-0.3, -0.25) is 14.8 Å². The lowest BCUT2D eigenvalue weighted by atomic mass is 9.88. The molecule has 11 nitrogen and oxygen atoms in total. The van der Waals surface area contributed by atoms with Crippen LogP contribution in [-0.4, -0.2) is 108 Å². The van der Waals surface area contributed by atoms with E-state index in [4.69, 9.17) is 29.2 Å². The second-order valence-corrected chi connectivity index (χ2v) is 23.1. The number of ether oxygens (including phenoxy) is 3. The van der Waals surface area contributed by atoms with Gasteiger partial charge in [-0.15, -0.1) is 5.54 Å². The average Bonchev–Trinajstić information content (AvgIpc) is 3.77. The fraction of sp³-hybridized carbons (Fsp3) is 0.545. The maximum Gasteiger partial charge on any atom is 0.407 e. The zero-order valence-electron chi connectivity index (χ0n) is 34.6. The highest BCUT2D eigenvalue weighted by molar-refractivity contribution is 6.90. The summed E-state index contributed by atoms with van der Waals surface area (Å²) in [7, 11) is -0.778. The van der Waals surface area contributed by atoms with Gasteiger partial charge in [0.05, 0.1) is 28.6 Å². The van der Waals surface area contributed by atoms with Crippen LogP contribution in [0.3, 0.4) is 0 Å². The first-order chi connectivity index (χ1) is 27.8. The molecular weight excluding hydrogens is 759 g/mol. The Balaban J connectivity index is 1.30. The van der Waals surface area contributed by atoms with Crippen LogP contribution < -0.4 is 14.4 Å². The molecule has 2 unspecified atom stereocenters. The van der Waals surface area contributed by atoms with E-state index < -0.39 is 25.8 Å². The van der Waals surface area contributed by atoms with Gasteiger partial charge in [0.1, 0.15) is 43.3 Å². The Hall–Kier alpha value is -4.58. The summed E-state index contributed by atoms with van der Waals surface area (Å²) in [6, 6.07) is 6.14. The van der Waals surface area contributed by atoms with Gasteiger partial charge in [0.25, 0.3) is 0 Å². The second-order valence-electron chi connectivity index (χ2n) is 17.5. The number of amides is 1. The van der Waals surface area contributed by atoms with Crippen molar-refractivity contribution in [3.63, 3.8) is 0 Å². The highest BCUT2D eigenvalue weighted by Crippen LogP contribution is 2.44. The van der Waals surface area contributed by atoms with Gasteiger partial charge in [0.15, 0.2) is 12.6 Å². The minimum atomic E-state index is -2.29. The van der Waals surface area contributed by atoms with E-state index in [1.54, 1.807) is 24.4 Å². The lowest BCUT2D eigenvalue weighted by Crippen LogP contribution is -2.70. The topological polar surface area (TPSA) is 113 Å². The van der Waals surface area contributed by atoms with E-state index in [1.807, 2.05) is 4.90 Å². The number of nitrogens with zero attached hydrogens (tertiary/aromatic N) is 6. The first-order valence-electron chi connectivity index (χ1n) is 20.7. The number of hydrogen-bond donors (Lipinski definition) is 1. The van der Waals surface area contributed by atoms with Crippen molar-refractivity contribution in [3.8, 4) is 34.5 Å². The largest absolute Gasteiger partial charge is 0.468 e. The summed E-state index contributed by atoms with van der Waals surface area (Å²) in [5, 5.41) is 11.2. The smallest absolute Gasteiger partial charge is 0.407 e. The van der Waals surface area contributed by atoms with Crippen molar-refractivity contribution in [1.82, 2.24) is 24.8 Å². The molecule has 5 aliphatic heterocycles. The predicted octanol–water partition coefficient (Wildman–Crippen LogP) is 8.62. The number of piperazine rings is 1. The summed E-state index contributed by atoms with van der Waals surface area (Å²) < 4.78 is 51.4. The molecule has 14 heteroatoms. The maximum absolute atomic E-state index is 17.6. The first kappa shape index (κ1) is 40.2. The quantitative estimate of drug-likeness (QED) is 0.0898. The predicted molar refractivity (Wildman–Crippen MR) is 223 cm³/mol. The van der Waals surface area contributed by atoms with E-state index in [-0.39, 0.29) is 47.2 Å². The molecule has 9 rings (SSSR count). The average molecular weight is 813 g/mol. The van der Waals surface area contributed by atoms with Crippen LogP contribution >= 0.6 is 0 Å². The minimum absolute atomic E-state index is 0.0118. The molecule has 308 valence electrons. The van der Waals surface area contributed by atoms with Crippen LogP contribution in [0.25, 0.3) is 32.9 Å². The lowest BCUT2D eigenvalue weighted by Gasteiger charge is -2.55. The Morgan fingerprint density at radius 2 is 1.69 bits per heavy atom. The summed E-state index contributed by atoms with van der Waals surface area (Å²) in [4.78, 5) is 32.3. The molecule has 7 heterocycles. The van der Waals surface area contributed by atoms with Gasteiger partial charge in [-0.25, -0.2) is 13.6 Å². The number of carboxylic acid groups (broad SMARTS) is 1. The Bertz CT molecular complexity index is 2270. The molecule has 2 aromatic carbocycles. The SMILES string of the molecule is COCOc1cc(-c2ncc3c(N4CC5CC(C4)N5C(=O)O)nc(OCC45CCCN4CCC5)nc3c2F)c2c(C#C[Si](C(C)C)(C(C)C)C(C)C)c(F)ccc2c1. The Labute approximate surface area is 340 Å². The summed E-state index contributed by atoms with van der Waals surface area (Å²) in [5.74, 6) is 2.95. The standard InChI is InChI=1S/C44H54F2N6O5Si/c1-26(2)58(27(3)4,28(5)6)17-12-33-36(45)11-10-29-18-32(57-25-55-7)20-34(37(29)33)39-38(46)40-35(21-47-39)41(50-22-30-19-31(23-50)52(30)43(53)54)49-42(48-40)56-24-44-13-8-15-51(44)16-9-14-44/h10-11,18,20-21,26-28,30-31H,8-9,13-16,19,22-25H2,1-7H3,(H,53,54). The number of aromatic nitrogens is 3. The summed E-state index contributed by atoms with van der Waals surface area (Å²) in [6.45, 7) is 16.4. The normalized spacial score (nSPS) is 20.2. The molecule has 0 spiro atoms. The zero-order chi connectivity index (χ0) is 41.1. The number of hydrogen-bond acceptors (Lipinski definition) is 9. The third-order valence-corrected chi connectivity index (χ3v) is 19.8. The number of piperidine rings is 1. The first-order valence-corrected chi connectivity index (χ1v) is 22.9. The number of benzene rings is 2. The molecular formula is C44H54F2N6O5Si. The Morgan fingerprint density at radius 1 is 1.00 bits per heavy atom. The van der Waals surface area contributed by atoms with E-state index in [9.17, 15) is 9.90 Å². The van der Waals surface area contributed by atoms with Crippen molar-refractivity contribution in [1.29, 1.82) is 0 Å². The highest BCUT2D eigenvalue weighted by Gasteiger charge is 2.49. The van der Waals surface area contributed by atoms with Crippen LogP contribution in [0.5, 0.6) is 11.8 Å². The van der Waals surface area contributed by atoms with Gasteiger partial charge in [-0.05, 0) is 85.4 Å². The van der Waals surface area contributed by atoms with Crippen molar-refractivity contribution >= 4 is 41.7 Å². The molecule has 4 aromatic rings. The molecule has 0 saturated carbocycles. The number of anilines is 1. The highest BCUT2D eigenvalue weighted by atomic mass is 28.3. The summed E-state index contributed by atoms with van der Waals surface area (Å²) in [5.41, 5.74) is 4.99. The molecule has 1 amide bonds. The van der Waals surface area contributed by atoms with Gasteiger partial charge in [-0.1, -0.05) is 53.5 Å². The van der Waals surface area contributed by atoms with Crippen LogP contribution in [0.15, 0.2) is 30.5 Å². The third kappa shape index (κ3) is 6.72. The van der Waals surface area contributed by atoms with Crippen molar-refractivity contribution in [2.24, 2.45) is 0 Å². The molecule has 2 atom stereocenters. The fourth-order valence-corrected chi connectivity index (χ4v) is 16.0. The summed E-state index contributed by atoms with van der Waals surface area (Å²) >= 11 is 0. The molecule has 2 aromatic heterocycles. The van der Waals surface area contributed by atoms with E-state index in [0.717, 1.165) is 45.2 Å². The van der Waals surface area contributed by atoms with Crippen LogP contribution in [0.4, 0.5) is 19.4 Å². The van der Waals surface area contributed by atoms with Gasteiger partial charge < -0.3 is 24.2 Å². The van der Waals surface area contributed by atoms with Crippen LogP contribution in [0.1, 0.15) is 79.2 Å². The molecule has 5 fully saturated rings. The number of methoxy groups -OCH3 is 1. The van der Waals surface area contributed by atoms with Crippen molar-refractivity contribution in [2.75, 3.05) is 51.6 Å². The van der Waals surface area contributed by atoms with E-state index in [0.29, 0.717) is 69.6 Å². The number of halogens is 2. The number of rotatable bonds is 11. The monoisotopic (exact) mass is 812 g/mol.